The fourth-order valence-corrected chi connectivity index (χ4v) is 6.11. The van der Waals surface area contributed by atoms with Gasteiger partial charge in [-0.15, -0.1) is 0 Å². The third kappa shape index (κ3) is 5.20. The lowest BCUT2D eigenvalue weighted by Crippen LogP contribution is -2.45. The van der Waals surface area contributed by atoms with Gasteiger partial charge in [-0.25, -0.2) is 15.0 Å². The number of aromatic nitrogens is 4. The van der Waals surface area contributed by atoms with Crippen molar-refractivity contribution in [3.05, 3.63) is 78.9 Å². The lowest BCUT2D eigenvalue weighted by Gasteiger charge is -2.42. The highest BCUT2D eigenvalue weighted by Gasteiger charge is 2.37. The smallest absolute Gasteiger partial charge is 0.150 e. The number of nitrogens with two attached hydrogens (primary N) is 1. The van der Waals surface area contributed by atoms with E-state index in [-0.39, 0.29) is 0 Å². The number of anilines is 1. The molecule has 0 atom stereocenters. The largest absolute Gasteiger partial charge is 0.382 e. The van der Waals surface area contributed by atoms with E-state index < -0.39 is 0 Å². The van der Waals surface area contributed by atoms with Gasteiger partial charge in [-0.3, -0.25) is 4.40 Å². The van der Waals surface area contributed by atoms with E-state index in [1.54, 1.807) is 6.20 Å². The van der Waals surface area contributed by atoms with Crippen molar-refractivity contribution >= 4 is 22.2 Å². The van der Waals surface area contributed by atoms with Gasteiger partial charge in [-0.1, -0.05) is 81.6 Å². The standard InChI is InChI=1S/C34H40N6/c1-3-5-10-19-39(18-6-4-2)28-21-27(22-28)34-38-31(32-33(35)36-17-20-40(32)34)26-14-13-25-15-16-29(37-30(25)23-26)24-11-8-7-9-12-24/h7-9,11-17,20,23,27-28H,3-6,10,18-19,21-22H2,1-2H3,(H2,35,36). The van der Waals surface area contributed by atoms with Gasteiger partial charge < -0.3 is 10.6 Å². The first-order valence-electron chi connectivity index (χ1n) is 15.0. The van der Waals surface area contributed by atoms with E-state index in [1.807, 2.05) is 24.4 Å². The quantitative estimate of drug-likeness (QED) is 0.176. The highest BCUT2D eigenvalue weighted by molar-refractivity contribution is 5.91. The fraction of sp³-hybridized carbons (Fsp3) is 0.382. The Hall–Kier alpha value is -3.77. The number of fused-ring (bicyclic) bond motifs is 2. The van der Waals surface area contributed by atoms with E-state index in [0.717, 1.165) is 57.6 Å². The molecule has 0 bridgehead atoms. The summed E-state index contributed by atoms with van der Waals surface area (Å²) in [6.07, 6.45) is 12.5. The summed E-state index contributed by atoms with van der Waals surface area (Å²) in [4.78, 5) is 17.4. The van der Waals surface area contributed by atoms with Crippen LogP contribution >= 0.6 is 0 Å². The van der Waals surface area contributed by atoms with Gasteiger partial charge >= 0.3 is 0 Å². The Kier molecular flexibility index (Phi) is 7.78. The SMILES string of the molecule is CCCCCN(CCCC)C1CC(c2nc(-c3ccc4ccc(-c5ccccc5)nc4c3)c3c(N)nccn23)C1. The molecular formula is C34H40N6. The van der Waals surface area contributed by atoms with Gasteiger partial charge in [0.25, 0.3) is 0 Å². The summed E-state index contributed by atoms with van der Waals surface area (Å²) in [6, 6.07) is 21.6. The van der Waals surface area contributed by atoms with Gasteiger partial charge in [0.1, 0.15) is 22.9 Å². The molecule has 40 heavy (non-hydrogen) atoms. The zero-order valence-corrected chi connectivity index (χ0v) is 23.8. The summed E-state index contributed by atoms with van der Waals surface area (Å²) in [5, 5.41) is 1.11. The summed E-state index contributed by atoms with van der Waals surface area (Å²) in [6.45, 7) is 6.99. The van der Waals surface area contributed by atoms with Gasteiger partial charge in [-0.05, 0) is 50.9 Å². The van der Waals surface area contributed by atoms with Crippen molar-refractivity contribution in [3.8, 4) is 22.5 Å². The number of hydrogen-bond donors (Lipinski definition) is 1. The van der Waals surface area contributed by atoms with E-state index in [9.17, 15) is 0 Å². The van der Waals surface area contributed by atoms with Crippen LogP contribution in [0.3, 0.4) is 0 Å². The third-order valence-corrected chi connectivity index (χ3v) is 8.49. The Bertz CT molecular complexity index is 1580. The van der Waals surface area contributed by atoms with Crippen molar-refractivity contribution in [2.45, 2.75) is 70.8 Å². The molecule has 3 aromatic heterocycles. The third-order valence-electron chi connectivity index (χ3n) is 8.49. The Labute approximate surface area is 237 Å². The van der Waals surface area contributed by atoms with E-state index in [2.05, 4.69) is 70.6 Å². The molecule has 0 unspecified atom stereocenters. The number of hydrogen-bond acceptors (Lipinski definition) is 5. The first kappa shape index (κ1) is 26.5. The topological polar surface area (TPSA) is 72.3 Å². The average Bonchev–Trinajstić information content (AvgIpc) is 3.35. The van der Waals surface area contributed by atoms with E-state index >= 15 is 0 Å². The maximum Gasteiger partial charge on any atom is 0.150 e. The number of rotatable bonds is 11. The summed E-state index contributed by atoms with van der Waals surface area (Å²) in [7, 11) is 0. The Morgan fingerprint density at radius 1 is 0.875 bits per heavy atom. The van der Waals surface area contributed by atoms with Crippen LogP contribution in [-0.2, 0) is 0 Å². The molecule has 0 saturated heterocycles. The zero-order valence-electron chi connectivity index (χ0n) is 23.8. The van der Waals surface area contributed by atoms with Gasteiger partial charge in [0.15, 0.2) is 0 Å². The molecule has 1 aliphatic carbocycles. The number of pyridine rings is 1. The van der Waals surface area contributed by atoms with Crippen molar-refractivity contribution in [2.75, 3.05) is 18.8 Å². The Morgan fingerprint density at radius 2 is 1.65 bits per heavy atom. The van der Waals surface area contributed by atoms with Crippen molar-refractivity contribution in [1.82, 2.24) is 24.3 Å². The molecule has 0 spiro atoms. The molecule has 6 rings (SSSR count). The predicted octanol–water partition coefficient (Wildman–Crippen LogP) is 7.73. The highest BCUT2D eigenvalue weighted by atomic mass is 15.2. The van der Waals surface area contributed by atoms with Crippen molar-refractivity contribution < 1.29 is 0 Å². The molecule has 0 amide bonds. The van der Waals surface area contributed by atoms with E-state index in [0.29, 0.717) is 17.8 Å². The summed E-state index contributed by atoms with van der Waals surface area (Å²) in [5.74, 6) is 2.04. The molecule has 6 nitrogen and oxygen atoms in total. The molecule has 0 radical (unpaired) electrons. The van der Waals surface area contributed by atoms with Crippen LogP contribution in [0.4, 0.5) is 5.82 Å². The molecule has 206 valence electrons. The number of imidazole rings is 1. The number of benzene rings is 2. The second-order valence-electron chi connectivity index (χ2n) is 11.2. The lowest BCUT2D eigenvalue weighted by molar-refractivity contribution is 0.102. The normalized spacial score (nSPS) is 17.1. The monoisotopic (exact) mass is 532 g/mol. The minimum absolute atomic E-state index is 0.423. The summed E-state index contributed by atoms with van der Waals surface area (Å²) < 4.78 is 2.18. The van der Waals surface area contributed by atoms with Crippen LogP contribution in [0.5, 0.6) is 0 Å². The van der Waals surface area contributed by atoms with Gasteiger partial charge in [-0.2, -0.15) is 0 Å². The minimum Gasteiger partial charge on any atom is -0.382 e. The van der Waals surface area contributed by atoms with Crippen molar-refractivity contribution in [1.29, 1.82) is 0 Å². The second kappa shape index (κ2) is 11.8. The van der Waals surface area contributed by atoms with E-state index in [1.165, 1.54) is 45.2 Å². The zero-order chi connectivity index (χ0) is 27.5. The van der Waals surface area contributed by atoms with Crippen molar-refractivity contribution in [2.24, 2.45) is 0 Å². The van der Waals surface area contributed by atoms with Crippen LogP contribution < -0.4 is 5.73 Å². The minimum atomic E-state index is 0.423. The van der Waals surface area contributed by atoms with Crippen LogP contribution in [-0.4, -0.2) is 43.4 Å². The first-order valence-corrected chi connectivity index (χ1v) is 15.0. The maximum absolute atomic E-state index is 6.48. The van der Waals surface area contributed by atoms with Gasteiger partial charge in [0, 0.05) is 40.9 Å². The second-order valence-corrected chi connectivity index (χ2v) is 11.2. The molecule has 1 aliphatic rings. The molecule has 2 N–H and O–H groups in total. The van der Waals surface area contributed by atoms with E-state index in [4.69, 9.17) is 15.7 Å². The number of nitrogen functional groups attached to an aromatic ring is 1. The Morgan fingerprint density at radius 3 is 2.45 bits per heavy atom. The predicted molar refractivity (Wildman–Crippen MR) is 165 cm³/mol. The summed E-state index contributed by atoms with van der Waals surface area (Å²) in [5.41, 5.74) is 12.3. The molecule has 5 aromatic rings. The number of unbranched alkanes of at least 4 members (excludes halogenated alkanes) is 3. The van der Waals surface area contributed by atoms with Crippen LogP contribution in [0.25, 0.3) is 38.9 Å². The molecule has 2 aromatic carbocycles. The first-order chi connectivity index (χ1) is 19.7. The molecule has 1 fully saturated rings. The number of nitrogens with zero attached hydrogens (tertiary/aromatic N) is 5. The maximum atomic E-state index is 6.48. The van der Waals surface area contributed by atoms with Crippen LogP contribution in [0.1, 0.15) is 70.5 Å². The summed E-state index contributed by atoms with van der Waals surface area (Å²) >= 11 is 0. The van der Waals surface area contributed by atoms with Gasteiger partial charge in [0.2, 0.25) is 0 Å². The van der Waals surface area contributed by atoms with Crippen LogP contribution in [0.2, 0.25) is 0 Å². The average molecular weight is 533 g/mol. The molecule has 1 saturated carbocycles. The molecule has 3 heterocycles. The van der Waals surface area contributed by atoms with Crippen LogP contribution in [0.15, 0.2) is 73.1 Å². The molecule has 6 heteroatoms. The Balaban J connectivity index is 1.31. The molecule has 0 aliphatic heterocycles. The van der Waals surface area contributed by atoms with Crippen molar-refractivity contribution in [3.63, 3.8) is 0 Å². The van der Waals surface area contributed by atoms with Crippen LogP contribution in [0, 0.1) is 0 Å². The highest BCUT2D eigenvalue weighted by Crippen LogP contribution is 2.42. The fourth-order valence-electron chi connectivity index (χ4n) is 6.11. The van der Waals surface area contributed by atoms with Gasteiger partial charge in [0.05, 0.1) is 11.2 Å². The lowest BCUT2D eigenvalue weighted by atomic mass is 9.78. The molecular weight excluding hydrogens is 492 g/mol.